The van der Waals surface area contributed by atoms with Gasteiger partial charge in [0, 0.05) is 24.6 Å². The molecule has 0 fully saturated rings. The average Bonchev–Trinajstić information content (AvgIpc) is 3.21. The molecular weight excluding hydrogens is 566 g/mol. The second-order valence-electron chi connectivity index (χ2n) is 9.27. The number of allylic oxidation sites excluding steroid dienone is 1. The van der Waals surface area contributed by atoms with Crippen molar-refractivity contribution >= 4 is 56.7 Å². The molecule has 1 aliphatic heterocycles. The number of sulfonamides is 1. The van der Waals surface area contributed by atoms with Crippen LogP contribution in [0.2, 0.25) is 5.02 Å². The number of methoxy groups -OCH3 is 2. The van der Waals surface area contributed by atoms with Crippen LogP contribution in [-0.2, 0) is 19.6 Å². The van der Waals surface area contributed by atoms with E-state index in [1.54, 1.807) is 6.92 Å². The van der Waals surface area contributed by atoms with E-state index in [2.05, 4.69) is 4.99 Å². The number of nitrogens with zero attached hydrogens (tertiary/aromatic N) is 2. The minimum absolute atomic E-state index is 0.00945. The normalized spacial score (nSPS) is 20.6. The van der Waals surface area contributed by atoms with Gasteiger partial charge in [0.15, 0.2) is 17.3 Å². The molecule has 0 aromatic heterocycles. The molecule has 2 aromatic rings. The number of aliphatic hydroxyl groups excluding tert-OH is 1. The Morgan fingerprint density at radius 1 is 1.25 bits per heavy atom. The van der Waals surface area contributed by atoms with Gasteiger partial charge in [0.25, 0.3) is 0 Å². The SMILES string of the molecule is COc1cc(OC)c2c(c1Cl)O[C@]1(C2=O)C(O)=C(C=Nc2ccc(N(CC(N)=O)S(C)(=O)=O)cc2)C(=O)C[C@H]1C. The summed E-state index contributed by atoms with van der Waals surface area (Å²) in [7, 11) is -1.05. The lowest BCUT2D eigenvalue weighted by Crippen LogP contribution is -2.52. The molecule has 0 saturated heterocycles. The highest BCUT2D eigenvalue weighted by molar-refractivity contribution is 7.92. The summed E-state index contributed by atoms with van der Waals surface area (Å²) in [5, 5.41) is 11.4. The molecule has 1 heterocycles. The fourth-order valence-corrected chi connectivity index (χ4v) is 5.83. The highest BCUT2D eigenvalue weighted by Crippen LogP contribution is 2.54. The number of hydrogen-bond donors (Lipinski definition) is 2. The molecule has 14 heteroatoms. The Morgan fingerprint density at radius 3 is 2.42 bits per heavy atom. The maximum absolute atomic E-state index is 13.8. The third-order valence-corrected chi connectivity index (χ3v) is 8.19. The molecule has 0 saturated carbocycles. The minimum Gasteiger partial charge on any atom is -0.507 e. The van der Waals surface area contributed by atoms with E-state index in [0.29, 0.717) is 0 Å². The summed E-state index contributed by atoms with van der Waals surface area (Å²) >= 11 is 6.43. The molecule has 2 aliphatic rings. The van der Waals surface area contributed by atoms with Gasteiger partial charge in [-0.1, -0.05) is 18.5 Å². The minimum atomic E-state index is -3.79. The van der Waals surface area contributed by atoms with Gasteiger partial charge in [-0.25, -0.2) is 8.42 Å². The standard InChI is InChI=1S/C26H26ClN3O9S/c1-13-9-17(31)16(11-29-14-5-7-15(8-6-14)30(12-20(28)32)40(4,35)36)24(33)26(13)25(34)21-18(37-2)10-19(38-3)22(27)23(21)39-26/h5-8,10-11,13,33H,9,12H2,1-4H3,(H2,28,32)/t13-,26+/m1/s1. The van der Waals surface area contributed by atoms with E-state index in [1.807, 2.05) is 0 Å². The lowest BCUT2D eigenvalue weighted by molar-refractivity contribution is -0.119. The molecule has 212 valence electrons. The number of amides is 1. The third kappa shape index (κ3) is 4.75. The van der Waals surface area contributed by atoms with E-state index in [-0.39, 0.29) is 51.2 Å². The van der Waals surface area contributed by atoms with Gasteiger partial charge in [-0.2, -0.15) is 0 Å². The predicted molar refractivity (Wildman–Crippen MR) is 147 cm³/mol. The quantitative estimate of drug-likeness (QED) is 0.437. The lowest BCUT2D eigenvalue weighted by Gasteiger charge is -2.36. The summed E-state index contributed by atoms with van der Waals surface area (Å²) < 4.78 is 41.6. The Bertz CT molecular complexity index is 1590. The van der Waals surface area contributed by atoms with Crippen molar-refractivity contribution in [2.24, 2.45) is 16.6 Å². The fourth-order valence-electron chi connectivity index (χ4n) is 4.70. The number of ether oxygens (including phenoxy) is 3. The Morgan fingerprint density at radius 2 is 1.88 bits per heavy atom. The van der Waals surface area contributed by atoms with E-state index in [1.165, 1.54) is 44.6 Å². The third-order valence-electron chi connectivity index (χ3n) is 6.69. The van der Waals surface area contributed by atoms with E-state index >= 15 is 0 Å². The Kier molecular flexibility index (Phi) is 7.56. The second-order valence-corrected chi connectivity index (χ2v) is 11.6. The number of carbonyl (C=O) groups is 3. The van der Waals surface area contributed by atoms with Crippen LogP contribution in [0, 0.1) is 5.92 Å². The summed E-state index contributed by atoms with van der Waals surface area (Å²) in [4.78, 5) is 42.3. The largest absolute Gasteiger partial charge is 0.507 e. The van der Waals surface area contributed by atoms with E-state index in [4.69, 9.17) is 31.5 Å². The first-order valence-corrected chi connectivity index (χ1v) is 14.0. The molecule has 40 heavy (non-hydrogen) atoms. The molecule has 3 N–H and O–H groups in total. The van der Waals surface area contributed by atoms with Gasteiger partial charge in [-0.05, 0) is 24.3 Å². The van der Waals surface area contributed by atoms with Crippen LogP contribution in [0.25, 0.3) is 0 Å². The first-order valence-electron chi connectivity index (χ1n) is 11.8. The van der Waals surface area contributed by atoms with Gasteiger partial charge >= 0.3 is 0 Å². The lowest BCUT2D eigenvalue weighted by atomic mass is 9.73. The van der Waals surface area contributed by atoms with Crippen LogP contribution in [-0.4, -0.2) is 69.8 Å². The Labute approximate surface area is 235 Å². The molecule has 1 amide bonds. The van der Waals surface area contributed by atoms with Crippen molar-refractivity contribution in [1.82, 2.24) is 0 Å². The number of nitrogens with two attached hydrogens (primary N) is 1. The van der Waals surface area contributed by atoms with Gasteiger partial charge in [0.05, 0.1) is 37.4 Å². The van der Waals surface area contributed by atoms with Crippen LogP contribution >= 0.6 is 11.6 Å². The van der Waals surface area contributed by atoms with E-state index in [0.717, 1.165) is 16.8 Å². The van der Waals surface area contributed by atoms with Crippen LogP contribution in [0.5, 0.6) is 17.2 Å². The Hall–Kier alpha value is -4.10. The second kappa shape index (κ2) is 10.5. The predicted octanol–water partition coefficient (Wildman–Crippen LogP) is 2.75. The number of rotatable bonds is 8. The smallest absolute Gasteiger partial charge is 0.238 e. The van der Waals surface area contributed by atoms with Crippen molar-refractivity contribution in [3.05, 3.63) is 52.3 Å². The van der Waals surface area contributed by atoms with Crippen molar-refractivity contribution in [1.29, 1.82) is 0 Å². The van der Waals surface area contributed by atoms with Crippen LogP contribution < -0.4 is 24.2 Å². The van der Waals surface area contributed by atoms with Crippen LogP contribution in [0.4, 0.5) is 11.4 Å². The maximum atomic E-state index is 13.8. The molecule has 12 nitrogen and oxygen atoms in total. The summed E-state index contributed by atoms with van der Waals surface area (Å²) in [5.74, 6) is -3.04. The van der Waals surface area contributed by atoms with E-state index < -0.39 is 51.3 Å². The first kappa shape index (κ1) is 28.9. The zero-order chi connectivity index (χ0) is 29.6. The zero-order valence-electron chi connectivity index (χ0n) is 21.9. The topological polar surface area (TPSA) is 175 Å². The van der Waals surface area contributed by atoms with Crippen LogP contribution in [0.3, 0.4) is 0 Å². The highest BCUT2D eigenvalue weighted by atomic mass is 35.5. The fraction of sp³-hybridized carbons (Fsp3) is 0.308. The van der Waals surface area contributed by atoms with Gasteiger partial charge in [0.1, 0.15) is 28.6 Å². The average molecular weight is 592 g/mol. The number of halogens is 1. The molecule has 2 aromatic carbocycles. The van der Waals surface area contributed by atoms with Crippen molar-refractivity contribution < 1.29 is 42.1 Å². The number of fused-ring (bicyclic) bond motifs is 1. The molecule has 1 spiro atoms. The number of ketones is 2. The number of primary amides is 1. The molecular formula is C26H26ClN3O9S. The number of Topliss-reactive ketones (excluding diaryl/α,β-unsaturated/α-hetero) is 2. The number of carbonyl (C=O) groups excluding carboxylic acids is 3. The monoisotopic (exact) mass is 591 g/mol. The van der Waals surface area contributed by atoms with Crippen LogP contribution in [0.15, 0.2) is 46.7 Å². The number of anilines is 1. The summed E-state index contributed by atoms with van der Waals surface area (Å²) in [5.41, 5.74) is 3.45. The molecule has 4 rings (SSSR count). The molecule has 1 aliphatic carbocycles. The van der Waals surface area contributed by atoms with E-state index in [9.17, 15) is 27.9 Å². The van der Waals surface area contributed by atoms with Gasteiger partial charge in [-0.3, -0.25) is 23.7 Å². The van der Waals surface area contributed by atoms with Crippen molar-refractivity contribution in [2.75, 3.05) is 31.3 Å². The molecule has 2 atom stereocenters. The number of benzene rings is 2. The molecule has 0 unspecified atom stereocenters. The number of aliphatic imine (C=N–C) groups is 1. The first-order chi connectivity index (χ1) is 18.8. The molecule has 0 bridgehead atoms. The van der Waals surface area contributed by atoms with Gasteiger partial charge in [0.2, 0.25) is 27.3 Å². The molecule has 0 radical (unpaired) electrons. The van der Waals surface area contributed by atoms with Gasteiger partial charge < -0.3 is 25.1 Å². The number of aliphatic hydroxyl groups is 1. The summed E-state index contributed by atoms with van der Waals surface area (Å²) in [6, 6.07) is 7.12. The summed E-state index contributed by atoms with van der Waals surface area (Å²) in [6.07, 6.45) is 1.90. The highest BCUT2D eigenvalue weighted by Gasteiger charge is 2.60. The summed E-state index contributed by atoms with van der Waals surface area (Å²) in [6.45, 7) is 1.05. The van der Waals surface area contributed by atoms with Crippen molar-refractivity contribution in [3.63, 3.8) is 0 Å². The number of hydrogen-bond acceptors (Lipinski definition) is 10. The maximum Gasteiger partial charge on any atom is 0.238 e. The van der Waals surface area contributed by atoms with Crippen molar-refractivity contribution in [3.8, 4) is 17.2 Å². The van der Waals surface area contributed by atoms with Gasteiger partial charge in [-0.15, -0.1) is 0 Å². The van der Waals surface area contributed by atoms with Crippen LogP contribution in [0.1, 0.15) is 23.7 Å². The zero-order valence-corrected chi connectivity index (χ0v) is 23.5. The Balaban J connectivity index is 1.73. The van der Waals surface area contributed by atoms with Crippen molar-refractivity contribution in [2.45, 2.75) is 18.9 Å².